The fourth-order valence-corrected chi connectivity index (χ4v) is 6.83. The maximum Gasteiger partial charge on any atom is 0.328 e. The molecule has 0 spiro atoms. The molecule has 0 radical (unpaired) electrons. The number of sulfonamides is 1. The number of rotatable bonds is 6. The van der Waals surface area contributed by atoms with Crippen LogP contribution in [-0.4, -0.2) is 42.0 Å². The number of aliphatic carboxylic acids is 1. The van der Waals surface area contributed by atoms with Crippen molar-refractivity contribution >= 4 is 56.5 Å². The van der Waals surface area contributed by atoms with Crippen molar-refractivity contribution in [2.75, 3.05) is 15.7 Å². The standard InChI is InChI=1S/C24H24Cl2N4O4S/c1-24(2,3)21(22(31)32)30(35(33,34)17-13-15(25)12-16(26)14-17)20-7-4-6-19-18(20)8-11-29(19)23-27-9-5-10-28-23/h4-7,9-10,12-14,21H,8,11H2,1-3H3,(H,31,32). The van der Waals surface area contributed by atoms with Crippen molar-refractivity contribution in [1.29, 1.82) is 0 Å². The van der Waals surface area contributed by atoms with Gasteiger partial charge in [0.05, 0.1) is 10.6 Å². The van der Waals surface area contributed by atoms with Gasteiger partial charge in [-0.25, -0.2) is 23.2 Å². The minimum Gasteiger partial charge on any atom is -0.480 e. The summed E-state index contributed by atoms with van der Waals surface area (Å²) in [5.74, 6) is -0.793. The normalized spacial score (nSPS) is 14.5. The number of hydrogen-bond donors (Lipinski definition) is 1. The Balaban J connectivity index is 1.96. The molecule has 1 atom stereocenters. The maximum atomic E-state index is 14.1. The lowest BCUT2D eigenvalue weighted by Gasteiger charge is -2.38. The molecule has 2 aromatic carbocycles. The Kier molecular flexibility index (Phi) is 6.70. The third-order valence-corrected chi connectivity index (χ3v) is 7.91. The average molecular weight is 535 g/mol. The molecule has 8 nitrogen and oxygen atoms in total. The summed E-state index contributed by atoms with van der Waals surface area (Å²) < 4.78 is 29.2. The number of benzene rings is 2. The van der Waals surface area contributed by atoms with Crippen LogP contribution < -0.4 is 9.21 Å². The molecule has 1 aromatic heterocycles. The summed E-state index contributed by atoms with van der Waals surface area (Å²) in [5, 5.41) is 10.5. The van der Waals surface area contributed by atoms with Gasteiger partial charge >= 0.3 is 5.97 Å². The van der Waals surface area contributed by atoms with Crippen molar-refractivity contribution in [2.45, 2.75) is 38.1 Å². The van der Waals surface area contributed by atoms with Crippen molar-refractivity contribution in [3.8, 4) is 0 Å². The molecule has 184 valence electrons. The fourth-order valence-electron chi connectivity index (χ4n) is 4.28. The van der Waals surface area contributed by atoms with Crippen molar-refractivity contribution in [3.05, 3.63) is 70.5 Å². The number of hydrogen-bond acceptors (Lipinski definition) is 6. The van der Waals surface area contributed by atoms with Gasteiger partial charge in [0.25, 0.3) is 10.0 Å². The number of anilines is 3. The largest absolute Gasteiger partial charge is 0.480 e. The number of halogens is 2. The predicted octanol–water partition coefficient (Wildman–Crippen LogP) is 5.17. The van der Waals surface area contributed by atoms with Crippen LogP contribution in [0.2, 0.25) is 10.0 Å². The van der Waals surface area contributed by atoms with Gasteiger partial charge in [-0.15, -0.1) is 0 Å². The highest BCUT2D eigenvalue weighted by molar-refractivity contribution is 7.93. The third kappa shape index (κ3) is 4.80. The first-order valence-electron chi connectivity index (χ1n) is 10.8. The van der Waals surface area contributed by atoms with E-state index >= 15 is 0 Å². The van der Waals surface area contributed by atoms with Gasteiger partial charge in [-0.1, -0.05) is 50.0 Å². The van der Waals surface area contributed by atoms with Crippen molar-refractivity contribution in [3.63, 3.8) is 0 Å². The molecule has 0 aliphatic carbocycles. The molecule has 11 heteroatoms. The van der Waals surface area contributed by atoms with Gasteiger partial charge in [-0.05, 0) is 48.2 Å². The molecule has 3 aromatic rings. The van der Waals surface area contributed by atoms with Gasteiger partial charge in [0, 0.05) is 40.2 Å². The average Bonchev–Trinajstić information content (AvgIpc) is 3.20. The van der Waals surface area contributed by atoms with Gasteiger partial charge in [0.15, 0.2) is 0 Å². The van der Waals surface area contributed by atoms with Crippen LogP contribution in [0, 0.1) is 5.41 Å². The molecule has 4 rings (SSSR count). The number of nitrogens with zero attached hydrogens (tertiary/aromatic N) is 4. The zero-order valence-corrected chi connectivity index (χ0v) is 21.6. The van der Waals surface area contributed by atoms with E-state index in [9.17, 15) is 18.3 Å². The summed E-state index contributed by atoms with van der Waals surface area (Å²) in [6.07, 6.45) is 3.73. The molecular formula is C24H24Cl2N4O4S. The second kappa shape index (κ2) is 9.29. The Bertz CT molecular complexity index is 1360. The monoisotopic (exact) mass is 534 g/mol. The first-order valence-corrected chi connectivity index (χ1v) is 13.0. The van der Waals surface area contributed by atoms with E-state index in [2.05, 4.69) is 9.97 Å². The van der Waals surface area contributed by atoms with E-state index in [1.54, 1.807) is 51.4 Å². The van der Waals surface area contributed by atoms with Crippen molar-refractivity contribution in [1.82, 2.24) is 9.97 Å². The minimum atomic E-state index is -4.40. The summed E-state index contributed by atoms with van der Waals surface area (Å²) >= 11 is 12.2. The minimum absolute atomic E-state index is 0.129. The number of aromatic nitrogens is 2. The number of fused-ring (bicyclic) bond motifs is 1. The molecule has 0 bridgehead atoms. The quantitative estimate of drug-likeness (QED) is 0.464. The lowest BCUT2D eigenvalue weighted by atomic mass is 9.86. The van der Waals surface area contributed by atoms with Crippen LogP contribution >= 0.6 is 23.2 Å². The van der Waals surface area contributed by atoms with E-state index in [0.717, 1.165) is 9.99 Å². The molecule has 0 amide bonds. The topological polar surface area (TPSA) is 104 Å². The molecule has 0 saturated heterocycles. The highest BCUT2D eigenvalue weighted by Gasteiger charge is 2.45. The van der Waals surface area contributed by atoms with Crippen LogP contribution in [0.3, 0.4) is 0 Å². The van der Waals surface area contributed by atoms with Crippen LogP contribution in [0.25, 0.3) is 0 Å². The van der Waals surface area contributed by atoms with Crippen molar-refractivity contribution in [2.24, 2.45) is 5.41 Å². The second-order valence-electron chi connectivity index (χ2n) is 9.24. The van der Waals surface area contributed by atoms with E-state index in [1.165, 1.54) is 18.2 Å². The van der Waals surface area contributed by atoms with Crippen LogP contribution in [0.5, 0.6) is 0 Å². The molecular weight excluding hydrogens is 511 g/mol. The Hall–Kier alpha value is -2.88. The Labute approximate surface area is 214 Å². The van der Waals surface area contributed by atoms with E-state index in [0.29, 0.717) is 24.5 Å². The first-order chi connectivity index (χ1) is 16.4. The highest BCUT2D eigenvalue weighted by Crippen LogP contribution is 2.43. The molecule has 0 fully saturated rings. The number of carboxylic acids is 1. The zero-order valence-electron chi connectivity index (χ0n) is 19.3. The van der Waals surface area contributed by atoms with Crippen LogP contribution in [0.15, 0.2) is 59.8 Å². The summed E-state index contributed by atoms with van der Waals surface area (Å²) in [7, 11) is -4.40. The summed E-state index contributed by atoms with van der Waals surface area (Å²) in [6.45, 7) is 5.58. The Morgan fingerprint density at radius 2 is 1.71 bits per heavy atom. The number of carbonyl (C=O) groups is 1. The first kappa shape index (κ1) is 25.2. The van der Waals surface area contributed by atoms with E-state index in [1.807, 2.05) is 11.0 Å². The smallest absolute Gasteiger partial charge is 0.328 e. The third-order valence-electron chi connectivity index (χ3n) is 5.72. The van der Waals surface area contributed by atoms with Gasteiger partial charge < -0.3 is 10.0 Å². The van der Waals surface area contributed by atoms with Crippen LogP contribution in [0.4, 0.5) is 17.3 Å². The van der Waals surface area contributed by atoms with Crippen LogP contribution in [-0.2, 0) is 21.2 Å². The van der Waals surface area contributed by atoms with Crippen molar-refractivity contribution < 1.29 is 18.3 Å². The molecule has 1 aliphatic rings. The summed E-state index contributed by atoms with van der Waals surface area (Å²) in [5.41, 5.74) is 0.729. The highest BCUT2D eigenvalue weighted by atomic mass is 35.5. The predicted molar refractivity (Wildman–Crippen MR) is 136 cm³/mol. The summed E-state index contributed by atoms with van der Waals surface area (Å²) in [6, 6.07) is 9.42. The van der Waals surface area contributed by atoms with Gasteiger partial charge in [0.2, 0.25) is 5.95 Å². The lowest BCUT2D eigenvalue weighted by molar-refractivity contribution is -0.140. The molecule has 1 aliphatic heterocycles. The van der Waals surface area contributed by atoms with Gasteiger partial charge in [-0.3, -0.25) is 4.31 Å². The Morgan fingerprint density at radius 3 is 2.29 bits per heavy atom. The second-order valence-corrected chi connectivity index (χ2v) is 11.9. The molecule has 0 saturated carbocycles. The SMILES string of the molecule is CC(C)(C)C(C(=O)O)N(c1cccc2c1CCN2c1ncccn1)S(=O)(=O)c1cc(Cl)cc(Cl)c1. The Morgan fingerprint density at radius 1 is 1.09 bits per heavy atom. The van der Waals surface area contributed by atoms with Crippen LogP contribution in [0.1, 0.15) is 26.3 Å². The van der Waals surface area contributed by atoms with E-state index in [-0.39, 0.29) is 20.6 Å². The molecule has 35 heavy (non-hydrogen) atoms. The summed E-state index contributed by atoms with van der Waals surface area (Å²) in [4.78, 5) is 22.9. The van der Waals surface area contributed by atoms with Gasteiger partial charge in [-0.2, -0.15) is 0 Å². The molecule has 1 unspecified atom stereocenters. The van der Waals surface area contributed by atoms with Gasteiger partial charge in [0.1, 0.15) is 6.04 Å². The number of carboxylic acid groups (broad SMARTS) is 1. The molecule has 2 heterocycles. The zero-order chi connectivity index (χ0) is 25.5. The fraction of sp³-hybridized carbons (Fsp3) is 0.292. The lowest BCUT2D eigenvalue weighted by Crippen LogP contribution is -2.52. The molecule has 1 N–H and O–H groups in total. The maximum absolute atomic E-state index is 14.1. The van der Waals surface area contributed by atoms with E-state index in [4.69, 9.17) is 23.2 Å². The van der Waals surface area contributed by atoms with E-state index < -0.39 is 27.4 Å².